The minimum atomic E-state index is -4.24. The van der Waals surface area contributed by atoms with Gasteiger partial charge in [0.15, 0.2) is 0 Å². The zero-order valence-electron chi connectivity index (χ0n) is 26.6. The van der Waals surface area contributed by atoms with E-state index in [4.69, 9.17) is 21.4 Å². The summed E-state index contributed by atoms with van der Waals surface area (Å²) in [5.41, 5.74) is 6.61. The van der Waals surface area contributed by atoms with Crippen molar-refractivity contribution in [2.45, 2.75) is 58.0 Å². The first-order chi connectivity index (χ1) is 22.3. The van der Waals surface area contributed by atoms with E-state index in [-0.39, 0.29) is 13.1 Å². The van der Waals surface area contributed by atoms with Crippen LogP contribution in [0.3, 0.4) is 0 Å². The van der Waals surface area contributed by atoms with E-state index in [1.54, 1.807) is 6.07 Å². The molecule has 0 radical (unpaired) electrons. The molecule has 1 fully saturated rings. The van der Waals surface area contributed by atoms with Crippen molar-refractivity contribution in [3.8, 4) is 23.1 Å². The molecule has 0 unspecified atom stereocenters. The van der Waals surface area contributed by atoms with Crippen molar-refractivity contribution in [2.24, 2.45) is 0 Å². The number of morpholine rings is 1. The largest absolute Gasteiger partial charge is 0.401 e. The first kappa shape index (κ1) is 34.0. The number of hydrogen-bond donors (Lipinski definition) is 0. The molecule has 252 valence electrons. The van der Waals surface area contributed by atoms with Crippen LogP contribution in [0.1, 0.15) is 46.9 Å². The van der Waals surface area contributed by atoms with Crippen LogP contribution < -0.4 is 0 Å². The number of nitrogens with zero attached hydrogens (tertiary/aromatic N) is 5. The van der Waals surface area contributed by atoms with Crippen LogP contribution in [0.25, 0.3) is 11.3 Å². The number of aryl methyl sites for hydroxylation is 1. The molecule has 3 aromatic rings. The van der Waals surface area contributed by atoms with E-state index in [1.165, 1.54) is 15.5 Å². The molecule has 0 saturated carbocycles. The number of aromatic nitrogens is 2. The number of hydrogen-bond acceptors (Lipinski definition) is 6. The van der Waals surface area contributed by atoms with Gasteiger partial charge in [0.05, 0.1) is 36.7 Å². The van der Waals surface area contributed by atoms with Crippen LogP contribution in [0.5, 0.6) is 0 Å². The summed E-state index contributed by atoms with van der Waals surface area (Å²) in [6.07, 6.45) is -0.970. The number of alkyl halides is 3. The predicted molar refractivity (Wildman–Crippen MR) is 176 cm³/mol. The molecule has 3 aliphatic heterocycles. The lowest BCUT2D eigenvalue weighted by Crippen LogP contribution is -2.44. The molecule has 47 heavy (non-hydrogen) atoms. The summed E-state index contributed by atoms with van der Waals surface area (Å²) in [4.78, 5) is 3.84. The van der Waals surface area contributed by atoms with Crippen molar-refractivity contribution in [3.63, 3.8) is 0 Å². The smallest absolute Gasteiger partial charge is 0.379 e. The summed E-state index contributed by atoms with van der Waals surface area (Å²) in [6, 6.07) is 11.6. The summed E-state index contributed by atoms with van der Waals surface area (Å²) < 4.78 is 73.1. The SMILES string of the molecule is C[C@H]1COCCN1CCCn1nc(-c2ccc(Cl)c(C#Cc3ccc4c(c3)CN(CC(F)(F)F)CC4)c2)c2c1CCN(S(C)(=O)=O)C2. The molecule has 0 spiro atoms. The number of benzene rings is 2. The minimum Gasteiger partial charge on any atom is -0.379 e. The average Bonchev–Trinajstić information content (AvgIpc) is 3.38. The van der Waals surface area contributed by atoms with Crippen molar-refractivity contribution in [2.75, 3.05) is 52.2 Å². The highest BCUT2D eigenvalue weighted by Crippen LogP contribution is 2.33. The monoisotopic (exact) mass is 689 g/mol. The van der Waals surface area contributed by atoms with Crippen molar-refractivity contribution < 1.29 is 26.3 Å². The Morgan fingerprint density at radius 2 is 1.85 bits per heavy atom. The summed E-state index contributed by atoms with van der Waals surface area (Å²) in [5.74, 6) is 6.31. The maximum absolute atomic E-state index is 13.0. The zero-order chi connectivity index (χ0) is 33.3. The van der Waals surface area contributed by atoms with Crippen molar-refractivity contribution in [1.29, 1.82) is 0 Å². The van der Waals surface area contributed by atoms with Gasteiger partial charge in [0, 0.05) is 86.2 Å². The van der Waals surface area contributed by atoms with Gasteiger partial charge in [-0.15, -0.1) is 0 Å². The molecular formula is C34H39ClF3N5O3S. The summed E-state index contributed by atoms with van der Waals surface area (Å²) in [7, 11) is -3.39. The molecule has 0 bridgehead atoms. The zero-order valence-corrected chi connectivity index (χ0v) is 28.2. The number of fused-ring (bicyclic) bond motifs is 2. The molecule has 3 aliphatic rings. The molecule has 1 aromatic heterocycles. The standard InChI is InChI=1S/C34H39ClF3N5O3S/c1-24-22-46-17-16-41(24)12-3-13-43-32-11-15-42(47(2,44)45)21-30(32)33(39-43)28-8-9-31(35)27(19-28)7-5-25-4-6-26-10-14-40(20-29(26)18-25)23-34(36,37)38/h4,6,8-9,18-19,24H,3,10-17,20-23H2,1-2H3/t24-/m0/s1. The normalized spacial score (nSPS) is 19.6. The van der Waals surface area contributed by atoms with Crippen molar-refractivity contribution in [1.82, 2.24) is 23.9 Å². The van der Waals surface area contributed by atoms with Gasteiger partial charge in [0.25, 0.3) is 0 Å². The van der Waals surface area contributed by atoms with E-state index in [0.717, 1.165) is 60.7 Å². The predicted octanol–water partition coefficient (Wildman–Crippen LogP) is 4.95. The number of sulfonamides is 1. The maximum atomic E-state index is 13.0. The van der Waals surface area contributed by atoms with Crippen LogP contribution in [-0.4, -0.2) is 96.7 Å². The highest BCUT2D eigenvalue weighted by atomic mass is 35.5. The first-order valence-corrected chi connectivity index (χ1v) is 18.1. The second kappa shape index (κ2) is 13.9. The Labute approximate surface area is 279 Å². The maximum Gasteiger partial charge on any atom is 0.401 e. The lowest BCUT2D eigenvalue weighted by atomic mass is 9.97. The van der Waals surface area contributed by atoms with Gasteiger partial charge in [0.2, 0.25) is 10.0 Å². The molecule has 8 nitrogen and oxygen atoms in total. The van der Waals surface area contributed by atoms with E-state index in [0.29, 0.717) is 60.4 Å². The fourth-order valence-electron chi connectivity index (χ4n) is 6.67. The number of halogens is 4. The Morgan fingerprint density at radius 3 is 2.62 bits per heavy atom. The molecule has 4 heterocycles. The Morgan fingerprint density at radius 1 is 1.02 bits per heavy atom. The fourth-order valence-corrected chi connectivity index (χ4v) is 7.62. The lowest BCUT2D eigenvalue weighted by molar-refractivity contribution is -0.147. The second-order valence-corrected chi connectivity index (χ2v) is 15.1. The molecule has 1 atom stereocenters. The van der Waals surface area contributed by atoms with Gasteiger partial charge in [0.1, 0.15) is 0 Å². The molecular weight excluding hydrogens is 651 g/mol. The van der Waals surface area contributed by atoms with Crippen molar-refractivity contribution >= 4 is 21.6 Å². The van der Waals surface area contributed by atoms with Gasteiger partial charge in [-0.05, 0) is 55.2 Å². The quantitative estimate of drug-likeness (QED) is 0.327. The van der Waals surface area contributed by atoms with Gasteiger partial charge in [-0.1, -0.05) is 35.6 Å². The van der Waals surface area contributed by atoms with Gasteiger partial charge in [-0.2, -0.15) is 22.6 Å². The Bertz CT molecular complexity index is 1800. The fraction of sp³-hybridized carbons (Fsp3) is 0.500. The summed E-state index contributed by atoms with van der Waals surface area (Å²) in [6.45, 7) is 6.50. The average molecular weight is 690 g/mol. The lowest BCUT2D eigenvalue weighted by Gasteiger charge is -2.33. The van der Waals surface area contributed by atoms with Crippen LogP contribution in [0.4, 0.5) is 13.2 Å². The molecule has 1 saturated heterocycles. The second-order valence-electron chi connectivity index (χ2n) is 12.7. The van der Waals surface area contributed by atoms with Crippen LogP contribution in [0, 0.1) is 11.8 Å². The van der Waals surface area contributed by atoms with Crippen molar-refractivity contribution in [3.05, 3.63) is 74.9 Å². The van der Waals surface area contributed by atoms with Gasteiger partial charge < -0.3 is 4.74 Å². The number of rotatable bonds is 7. The van der Waals surface area contributed by atoms with Crippen LogP contribution >= 0.6 is 11.6 Å². The van der Waals surface area contributed by atoms with E-state index < -0.39 is 22.7 Å². The first-order valence-electron chi connectivity index (χ1n) is 15.9. The van der Waals surface area contributed by atoms with E-state index in [1.807, 2.05) is 35.0 Å². The molecule has 2 aromatic carbocycles. The highest BCUT2D eigenvalue weighted by molar-refractivity contribution is 7.88. The van der Waals surface area contributed by atoms with E-state index in [9.17, 15) is 21.6 Å². The third-order valence-electron chi connectivity index (χ3n) is 9.17. The van der Waals surface area contributed by atoms with E-state index in [2.05, 4.69) is 23.7 Å². The van der Waals surface area contributed by atoms with Gasteiger partial charge in [-0.25, -0.2) is 8.42 Å². The Hall–Kier alpha value is -2.92. The molecule has 13 heteroatoms. The van der Waals surface area contributed by atoms with Gasteiger partial charge >= 0.3 is 6.18 Å². The number of ether oxygens (including phenoxy) is 1. The third-order valence-corrected chi connectivity index (χ3v) is 10.7. The van der Waals surface area contributed by atoms with Crippen LogP contribution in [0.2, 0.25) is 5.02 Å². The molecule has 0 aliphatic carbocycles. The Kier molecular flexibility index (Phi) is 10.0. The van der Waals surface area contributed by atoms with Crippen LogP contribution in [-0.2, 0) is 47.2 Å². The third kappa shape index (κ3) is 8.21. The summed E-state index contributed by atoms with van der Waals surface area (Å²) in [5, 5.41) is 5.49. The molecule has 0 N–H and O–H groups in total. The minimum absolute atomic E-state index is 0.227. The van der Waals surface area contributed by atoms with E-state index >= 15 is 0 Å². The molecule has 6 rings (SSSR count). The topological polar surface area (TPSA) is 70.9 Å². The Balaban J connectivity index is 1.26. The van der Waals surface area contributed by atoms with Gasteiger partial charge in [-0.3, -0.25) is 14.5 Å². The highest BCUT2D eigenvalue weighted by Gasteiger charge is 2.32. The molecule has 0 amide bonds. The summed E-state index contributed by atoms with van der Waals surface area (Å²) >= 11 is 6.59. The van der Waals surface area contributed by atoms with Crippen LogP contribution in [0.15, 0.2) is 36.4 Å².